The van der Waals surface area contributed by atoms with Gasteiger partial charge in [-0.2, -0.15) is 0 Å². The minimum atomic E-state index is 0.256. The van der Waals surface area contributed by atoms with Gasteiger partial charge in [-0.3, -0.25) is 9.88 Å². The van der Waals surface area contributed by atoms with Crippen molar-refractivity contribution in [3.05, 3.63) is 30.1 Å². The van der Waals surface area contributed by atoms with E-state index in [0.29, 0.717) is 6.04 Å². The Morgan fingerprint density at radius 2 is 2.32 bits per heavy atom. The van der Waals surface area contributed by atoms with Crippen LogP contribution in [0.3, 0.4) is 0 Å². The number of hydrogen-bond donors (Lipinski definition) is 1. The summed E-state index contributed by atoms with van der Waals surface area (Å²) >= 11 is 0. The zero-order valence-corrected chi connectivity index (χ0v) is 12.5. The van der Waals surface area contributed by atoms with Gasteiger partial charge in [-0.15, -0.1) is 0 Å². The normalized spacial score (nSPS) is 28.5. The lowest BCUT2D eigenvalue weighted by Gasteiger charge is -2.46. The summed E-state index contributed by atoms with van der Waals surface area (Å²) in [4.78, 5) is 6.87. The Morgan fingerprint density at radius 1 is 1.47 bits per heavy atom. The lowest BCUT2D eigenvalue weighted by atomic mass is 9.92. The van der Waals surface area contributed by atoms with Gasteiger partial charge in [0.15, 0.2) is 0 Å². The van der Waals surface area contributed by atoms with E-state index in [2.05, 4.69) is 42.0 Å². The highest BCUT2D eigenvalue weighted by molar-refractivity contribution is 5.09. The molecule has 1 saturated heterocycles. The quantitative estimate of drug-likeness (QED) is 0.883. The maximum Gasteiger partial charge on any atom is 0.0312 e. The summed E-state index contributed by atoms with van der Waals surface area (Å²) in [6, 6.07) is 4.87. The Kier molecular flexibility index (Phi) is 4.94. The summed E-state index contributed by atoms with van der Waals surface area (Å²) in [5.41, 5.74) is 1.58. The molecular formula is C16H27N3. The van der Waals surface area contributed by atoms with Crippen LogP contribution >= 0.6 is 0 Å². The predicted octanol–water partition coefficient (Wildman–Crippen LogP) is 2.82. The first kappa shape index (κ1) is 14.5. The van der Waals surface area contributed by atoms with Crippen LogP contribution in [0.1, 0.15) is 45.6 Å². The molecule has 0 amide bonds. The molecule has 0 radical (unpaired) electrons. The molecule has 1 aromatic heterocycles. The van der Waals surface area contributed by atoms with Crippen LogP contribution in [0.4, 0.5) is 0 Å². The molecule has 2 heterocycles. The molecule has 106 valence electrons. The highest BCUT2D eigenvalue weighted by atomic mass is 15.2. The van der Waals surface area contributed by atoms with Crippen molar-refractivity contribution in [2.24, 2.45) is 0 Å². The van der Waals surface area contributed by atoms with Crippen LogP contribution in [0.2, 0.25) is 0 Å². The molecule has 2 rings (SSSR count). The van der Waals surface area contributed by atoms with E-state index < -0.39 is 0 Å². The molecule has 2 atom stereocenters. The third-order valence-corrected chi connectivity index (χ3v) is 4.34. The topological polar surface area (TPSA) is 28.2 Å². The zero-order valence-electron chi connectivity index (χ0n) is 12.5. The van der Waals surface area contributed by atoms with Gasteiger partial charge in [0, 0.05) is 43.6 Å². The molecular weight excluding hydrogens is 234 g/mol. The number of hydrogen-bond acceptors (Lipinski definition) is 3. The number of pyridine rings is 1. The highest BCUT2D eigenvalue weighted by Crippen LogP contribution is 2.22. The van der Waals surface area contributed by atoms with E-state index in [9.17, 15) is 0 Å². The van der Waals surface area contributed by atoms with Gasteiger partial charge < -0.3 is 5.32 Å². The van der Waals surface area contributed by atoms with E-state index >= 15 is 0 Å². The average Bonchev–Trinajstić information content (AvgIpc) is 2.43. The van der Waals surface area contributed by atoms with E-state index in [4.69, 9.17) is 0 Å². The van der Waals surface area contributed by atoms with Gasteiger partial charge in [-0.05, 0) is 31.4 Å². The second kappa shape index (κ2) is 6.49. The van der Waals surface area contributed by atoms with Crippen LogP contribution in [0.15, 0.2) is 24.5 Å². The summed E-state index contributed by atoms with van der Waals surface area (Å²) in [7, 11) is 0. The SMILES string of the molecule is CCCC1CNC(C)(CC)CN1Cc1cccnc1. The van der Waals surface area contributed by atoms with Crippen LogP contribution in [0.25, 0.3) is 0 Å². The third-order valence-electron chi connectivity index (χ3n) is 4.34. The lowest BCUT2D eigenvalue weighted by Crippen LogP contribution is -2.62. The second-order valence-corrected chi connectivity index (χ2v) is 6.00. The molecule has 1 aromatic rings. The van der Waals surface area contributed by atoms with Crippen molar-refractivity contribution in [3.8, 4) is 0 Å². The molecule has 1 aliphatic heterocycles. The van der Waals surface area contributed by atoms with Crippen molar-refractivity contribution in [1.82, 2.24) is 15.2 Å². The number of rotatable bonds is 5. The fourth-order valence-electron chi connectivity index (χ4n) is 2.89. The van der Waals surface area contributed by atoms with Crippen molar-refractivity contribution in [1.29, 1.82) is 0 Å². The van der Waals surface area contributed by atoms with Crippen LogP contribution in [0.5, 0.6) is 0 Å². The van der Waals surface area contributed by atoms with Gasteiger partial charge in [-0.1, -0.05) is 26.3 Å². The molecule has 0 aliphatic carbocycles. The zero-order chi connectivity index (χ0) is 13.7. The Morgan fingerprint density at radius 3 is 2.95 bits per heavy atom. The highest BCUT2D eigenvalue weighted by Gasteiger charge is 2.33. The average molecular weight is 261 g/mol. The van der Waals surface area contributed by atoms with Crippen molar-refractivity contribution in [3.63, 3.8) is 0 Å². The van der Waals surface area contributed by atoms with Crippen LogP contribution in [0, 0.1) is 0 Å². The van der Waals surface area contributed by atoms with Gasteiger partial charge in [0.05, 0.1) is 0 Å². The molecule has 19 heavy (non-hydrogen) atoms. The van der Waals surface area contributed by atoms with Crippen molar-refractivity contribution < 1.29 is 0 Å². The lowest BCUT2D eigenvalue weighted by molar-refractivity contribution is 0.0725. The molecule has 0 saturated carbocycles. The Hall–Kier alpha value is -0.930. The van der Waals surface area contributed by atoms with Crippen molar-refractivity contribution >= 4 is 0 Å². The summed E-state index contributed by atoms with van der Waals surface area (Å²) in [5, 5.41) is 3.74. The van der Waals surface area contributed by atoms with Crippen LogP contribution in [-0.4, -0.2) is 34.6 Å². The second-order valence-electron chi connectivity index (χ2n) is 6.00. The van der Waals surface area contributed by atoms with Gasteiger partial charge in [0.1, 0.15) is 0 Å². The van der Waals surface area contributed by atoms with E-state index in [0.717, 1.165) is 19.6 Å². The Bertz CT molecular complexity index is 379. The number of piperazine rings is 1. The minimum absolute atomic E-state index is 0.256. The third kappa shape index (κ3) is 3.77. The minimum Gasteiger partial charge on any atom is -0.309 e. The summed E-state index contributed by atoms with van der Waals surface area (Å²) in [6.07, 6.45) is 7.54. The van der Waals surface area contributed by atoms with E-state index in [1.165, 1.54) is 24.8 Å². The van der Waals surface area contributed by atoms with Gasteiger partial charge in [-0.25, -0.2) is 0 Å². The Balaban J connectivity index is 2.07. The molecule has 0 spiro atoms. The summed E-state index contributed by atoms with van der Waals surface area (Å²) in [6.45, 7) is 10.1. The van der Waals surface area contributed by atoms with Gasteiger partial charge in [0.2, 0.25) is 0 Å². The van der Waals surface area contributed by atoms with E-state index in [1.807, 2.05) is 18.5 Å². The molecule has 2 unspecified atom stereocenters. The van der Waals surface area contributed by atoms with E-state index in [-0.39, 0.29) is 5.54 Å². The van der Waals surface area contributed by atoms with E-state index in [1.54, 1.807) is 0 Å². The number of aromatic nitrogens is 1. The first-order valence-corrected chi connectivity index (χ1v) is 7.55. The van der Waals surface area contributed by atoms with Gasteiger partial charge in [0.25, 0.3) is 0 Å². The Labute approximate surface area is 117 Å². The first-order valence-electron chi connectivity index (χ1n) is 7.55. The molecule has 1 aliphatic rings. The number of nitrogens with one attached hydrogen (secondary N) is 1. The molecule has 1 fully saturated rings. The fraction of sp³-hybridized carbons (Fsp3) is 0.688. The largest absolute Gasteiger partial charge is 0.309 e. The predicted molar refractivity (Wildman–Crippen MR) is 80.0 cm³/mol. The summed E-state index contributed by atoms with van der Waals surface area (Å²) < 4.78 is 0. The smallest absolute Gasteiger partial charge is 0.0312 e. The maximum absolute atomic E-state index is 4.24. The van der Waals surface area contributed by atoms with Crippen LogP contribution in [-0.2, 0) is 6.54 Å². The van der Waals surface area contributed by atoms with Gasteiger partial charge >= 0.3 is 0 Å². The van der Waals surface area contributed by atoms with Crippen molar-refractivity contribution in [2.45, 2.75) is 58.2 Å². The number of nitrogens with zero attached hydrogens (tertiary/aromatic N) is 2. The molecule has 0 bridgehead atoms. The maximum atomic E-state index is 4.24. The summed E-state index contributed by atoms with van der Waals surface area (Å²) in [5.74, 6) is 0. The molecule has 3 nitrogen and oxygen atoms in total. The first-order chi connectivity index (χ1) is 9.17. The standard InChI is InChI=1S/C16H27N3/c1-4-7-15-11-18-16(3,5-2)13-19(15)12-14-8-6-9-17-10-14/h6,8-10,15,18H,4-5,7,11-13H2,1-3H3. The monoisotopic (exact) mass is 261 g/mol. The molecule has 0 aromatic carbocycles. The van der Waals surface area contributed by atoms with Crippen molar-refractivity contribution in [2.75, 3.05) is 13.1 Å². The van der Waals surface area contributed by atoms with Crippen LogP contribution < -0.4 is 5.32 Å². The molecule has 1 N–H and O–H groups in total. The molecule has 3 heteroatoms. The fourth-order valence-corrected chi connectivity index (χ4v) is 2.89.